The molecule has 1 heterocycles. The molecular weight excluding hydrogens is 260 g/mol. The minimum Gasteiger partial charge on any atom is -0.444 e. The maximum Gasteiger partial charge on any atom is 0.413 e. The molecule has 0 aromatic carbocycles. The number of carbonyl (C=O) groups excluding carboxylic acids is 1. The molecule has 0 saturated heterocycles. The number of nitrogens with one attached hydrogen (secondary N) is 1. The van der Waals surface area contributed by atoms with Crippen LogP contribution < -0.4 is 5.32 Å². The Morgan fingerprint density at radius 2 is 2.26 bits per heavy atom. The molecule has 19 heavy (non-hydrogen) atoms. The summed E-state index contributed by atoms with van der Waals surface area (Å²) in [5.41, 5.74) is 0.358. The Hall–Kier alpha value is -1.36. The second-order valence-electron chi connectivity index (χ2n) is 5.45. The van der Waals surface area contributed by atoms with E-state index < -0.39 is 11.7 Å². The number of carbonyl (C=O) groups is 1. The maximum atomic E-state index is 11.6. The number of hydrogen-bond donors (Lipinski definition) is 1. The van der Waals surface area contributed by atoms with Crippen molar-refractivity contribution >= 4 is 28.6 Å². The minimum absolute atomic E-state index is 0.473. The van der Waals surface area contributed by atoms with Crippen LogP contribution in [0.15, 0.2) is 11.5 Å². The van der Waals surface area contributed by atoms with E-state index in [0.717, 1.165) is 12.1 Å². The second kappa shape index (κ2) is 6.70. The average molecular weight is 282 g/mol. The summed E-state index contributed by atoms with van der Waals surface area (Å²) < 4.78 is 5.17. The van der Waals surface area contributed by atoms with Crippen LogP contribution >= 0.6 is 11.3 Å². The van der Waals surface area contributed by atoms with Crippen LogP contribution in [-0.2, 0) is 4.74 Å². The van der Waals surface area contributed by atoms with E-state index in [-0.39, 0.29) is 0 Å². The Bertz CT molecular complexity index is 447. The highest BCUT2D eigenvalue weighted by atomic mass is 32.1. The van der Waals surface area contributed by atoms with Crippen LogP contribution in [-0.4, -0.2) is 16.7 Å². The molecule has 1 aromatic rings. The fourth-order valence-corrected chi connectivity index (χ4v) is 1.87. The number of anilines is 1. The van der Waals surface area contributed by atoms with Crippen LogP contribution in [0.2, 0.25) is 0 Å². The maximum absolute atomic E-state index is 11.6. The zero-order valence-electron chi connectivity index (χ0n) is 12.2. The molecular formula is C14H22N2O2S. The van der Waals surface area contributed by atoms with Crippen LogP contribution in [0.25, 0.3) is 6.08 Å². The molecule has 1 atom stereocenters. The third kappa shape index (κ3) is 6.38. The molecule has 106 valence electrons. The Balaban J connectivity index is 2.56. The number of ether oxygens (including phenoxy) is 1. The van der Waals surface area contributed by atoms with Crippen molar-refractivity contribution in [1.82, 2.24) is 4.98 Å². The van der Waals surface area contributed by atoms with Crippen LogP contribution in [0.4, 0.5) is 9.93 Å². The topological polar surface area (TPSA) is 51.2 Å². The van der Waals surface area contributed by atoms with E-state index >= 15 is 0 Å². The molecule has 0 aliphatic carbocycles. The Kier molecular flexibility index (Phi) is 5.54. The van der Waals surface area contributed by atoms with Gasteiger partial charge >= 0.3 is 6.09 Å². The number of nitrogens with zero attached hydrogens (tertiary/aromatic N) is 1. The molecule has 1 amide bonds. The number of rotatable bonds is 4. The molecule has 1 rings (SSSR count). The van der Waals surface area contributed by atoms with Gasteiger partial charge in [0.15, 0.2) is 5.13 Å². The fraction of sp³-hybridized carbons (Fsp3) is 0.571. The molecule has 0 saturated carbocycles. The van der Waals surface area contributed by atoms with E-state index in [1.165, 1.54) is 11.3 Å². The van der Waals surface area contributed by atoms with Gasteiger partial charge in [0.05, 0.1) is 5.69 Å². The van der Waals surface area contributed by atoms with Gasteiger partial charge in [-0.05, 0) is 32.8 Å². The van der Waals surface area contributed by atoms with E-state index in [2.05, 4.69) is 30.2 Å². The Labute approximate surface area is 118 Å². The van der Waals surface area contributed by atoms with Gasteiger partial charge in [-0.15, -0.1) is 11.3 Å². The summed E-state index contributed by atoms with van der Waals surface area (Å²) in [5, 5.41) is 5.09. The third-order valence-corrected chi connectivity index (χ3v) is 3.15. The third-order valence-electron chi connectivity index (χ3n) is 2.37. The van der Waals surface area contributed by atoms with Crippen molar-refractivity contribution < 1.29 is 9.53 Å². The Morgan fingerprint density at radius 3 is 2.84 bits per heavy atom. The van der Waals surface area contributed by atoms with Crippen molar-refractivity contribution in [1.29, 1.82) is 0 Å². The minimum atomic E-state index is -0.499. The smallest absolute Gasteiger partial charge is 0.413 e. The van der Waals surface area contributed by atoms with E-state index in [0.29, 0.717) is 11.0 Å². The first-order chi connectivity index (χ1) is 8.80. The summed E-state index contributed by atoms with van der Waals surface area (Å²) in [7, 11) is 0. The lowest BCUT2D eigenvalue weighted by Crippen LogP contribution is -2.27. The number of thiazole rings is 1. The molecule has 1 unspecified atom stereocenters. The SMILES string of the molecule is CCC(C)/C=C\c1csc(NC(=O)OC(C)(C)C)n1. The molecule has 0 spiro atoms. The van der Waals surface area contributed by atoms with Crippen molar-refractivity contribution in [2.24, 2.45) is 5.92 Å². The number of amides is 1. The zero-order chi connectivity index (χ0) is 14.5. The number of aromatic nitrogens is 1. The molecule has 0 fully saturated rings. The highest BCUT2D eigenvalue weighted by Crippen LogP contribution is 2.18. The zero-order valence-corrected chi connectivity index (χ0v) is 13.0. The summed E-state index contributed by atoms with van der Waals surface area (Å²) >= 11 is 1.39. The first kappa shape index (κ1) is 15.7. The highest BCUT2D eigenvalue weighted by molar-refractivity contribution is 7.14. The van der Waals surface area contributed by atoms with Gasteiger partial charge in [0.2, 0.25) is 0 Å². The summed E-state index contributed by atoms with van der Waals surface area (Å²) in [6.45, 7) is 9.78. The van der Waals surface area contributed by atoms with Crippen LogP contribution in [0.1, 0.15) is 46.7 Å². The van der Waals surface area contributed by atoms with Gasteiger partial charge in [-0.1, -0.05) is 26.3 Å². The van der Waals surface area contributed by atoms with Crippen molar-refractivity contribution in [3.05, 3.63) is 17.2 Å². The molecule has 0 aliphatic heterocycles. The van der Waals surface area contributed by atoms with Gasteiger partial charge in [0.25, 0.3) is 0 Å². The first-order valence-electron chi connectivity index (χ1n) is 6.44. The van der Waals surface area contributed by atoms with E-state index in [9.17, 15) is 4.79 Å². The molecule has 0 radical (unpaired) electrons. The summed E-state index contributed by atoms with van der Waals surface area (Å²) in [6, 6.07) is 0. The molecule has 0 bridgehead atoms. The molecule has 0 aliphatic rings. The number of hydrogen-bond acceptors (Lipinski definition) is 4. The predicted octanol–water partition coefficient (Wildman–Crippen LogP) is 4.55. The summed E-state index contributed by atoms with van der Waals surface area (Å²) in [4.78, 5) is 15.9. The second-order valence-corrected chi connectivity index (χ2v) is 6.31. The van der Waals surface area contributed by atoms with Gasteiger partial charge in [0.1, 0.15) is 5.60 Å². The van der Waals surface area contributed by atoms with Gasteiger partial charge in [-0.25, -0.2) is 9.78 Å². The predicted molar refractivity (Wildman–Crippen MR) is 80.5 cm³/mol. The van der Waals surface area contributed by atoms with E-state index in [4.69, 9.17) is 4.74 Å². The van der Waals surface area contributed by atoms with Crippen LogP contribution in [0.5, 0.6) is 0 Å². The molecule has 1 N–H and O–H groups in total. The fourth-order valence-electron chi connectivity index (χ4n) is 1.21. The standard InChI is InChI=1S/C14H22N2O2S/c1-6-10(2)7-8-11-9-19-12(15-11)16-13(17)18-14(3,4)5/h7-10H,6H2,1-5H3,(H,15,16,17)/b8-7-. The van der Waals surface area contributed by atoms with Crippen LogP contribution in [0.3, 0.4) is 0 Å². The lowest BCUT2D eigenvalue weighted by atomic mass is 10.1. The largest absolute Gasteiger partial charge is 0.444 e. The van der Waals surface area contributed by atoms with E-state index in [1.54, 1.807) is 0 Å². The van der Waals surface area contributed by atoms with Gasteiger partial charge in [-0.2, -0.15) is 0 Å². The lowest BCUT2D eigenvalue weighted by Gasteiger charge is -2.18. The van der Waals surface area contributed by atoms with Gasteiger partial charge < -0.3 is 4.74 Å². The molecule has 4 nitrogen and oxygen atoms in total. The summed E-state index contributed by atoms with van der Waals surface area (Å²) in [5.74, 6) is 0.531. The first-order valence-corrected chi connectivity index (χ1v) is 7.32. The molecule has 1 aromatic heterocycles. The van der Waals surface area contributed by atoms with E-state index in [1.807, 2.05) is 32.2 Å². The quantitative estimate of drug-likeness (QED) is 0.881. The lowest BCUT2D eigenvalue weighted by molar-refractivity contribution is 0.0636. The van der Waals surface area contributed by atoms with Crippen molar-refractivity contribution in [3.8, 4) is 0 Å². The summed E-state index contributed by atoms with van der Waals surface area (Å²) in [6.07, 6.45) is 4.72. The molecule has 5 heteroatoms. The normalized spacial score (nSPS) is 13.5. The highest BCUT2D eigenvalue weighted by Gasteiger charge is 2.16. The number of allylic oxidation sites excluding steroid dienone is 1. The monoisotopic (exact) mass is 282 g/mol. The van der Waals surface area contributed by atoms with Crippen molar-refractivity contribution in [3.63, 3.8) is 0 Å². The Morgan fingerprint density at radius 1 is 1.58 bits per heavy atom. The van der Waals surface area contributed by atoms with Crippen molar-refractivity contribution in [2.45, 2.75) is 46.6 Å². The van der Waals surface area contributed by atoms with Gasteiger partial charge in [0, 0.05) is 5.38 Å². The van der Waals surface area contributed by atoms with Crippen LogP contribution in [0, 0.1) is 5.92 Å². The van der Waals surface area contributed by atoms with Crippen molar-refractivity contribution in [2.75, 3.05) is 5.32 Å². The van der Waals surface area contributed by atoms with Gasteiger partial charge in [-0.3, -0.25) is 5.32 Å². The average Bonchev–Trinajstić information content (AvgIpc) is 2.70.